The summed E-state index contributed by atoms with van der Waals surface area (Å²) < 4.78 is 0. The lowest BCUT2D eigenvalue weighted by molar-refractivity contribution is -0.900. The highest BCUT2D eigenvalue weighted by molar-refractivity contribution is 5.94. The Morgan fingerprint density at radius 1 is 1.39 bits per heavy atom. The Hall–Kier alpha value is -1.10. The molecular weight excluding hydrogens is 230 g/mol. The second-order valence-corrected chi connectivity index (χ2v) is 5.29. The summed E-state index contributed by atoms with van der Waals surface area (Å²) in [4.78, 5) is 24.3. The molecule has 0 aliphatic carbocycles. The van der Waals surface area contributed by atoms with Gasteiger partial charge in [0.15, 0.2) is 6.54 Å². The Morgan fingerprint density at radius 2 is 2.17 bits per heavy atom. The molecule has 5 heteroatoms. The van der Waals surface area contributed by atoms with E-state index in [1.165, 1.54) is 17.7 Å². The molecule has 1 aliphatic heterocycles. The van der Waals surface area contributed by atoms with Crippen LogP contribution in [0.15, 0.2) is 0 Å². The first-order valence-electron chi connectivity index (χ1n) is 7.03. The van der Waals surface area contributed by atoms with Crippen molar-refractivity contribution in [2.24, 2.45) is 5.92 Å². The first kappa shape index (κ1) is 15.0. The smallest absolute Gasteiger partial charge is 0.321 e. The van der Waals surface area contributed by atoms with Gasteiger partial charge in [-0.05, 0) is 19.3 Å². The molecular formula is C13H26N3O2+. The van der Waals surface area contributed by atoms with Crippen LogP contribution in [0.25, 0.3) is 0 Å². The summed E-state index contributed by atoms with van der Waals surface area (Å²) in [6, 6.07) is -0.363. The maximum absolute atomic E-state index is 11.7. The average Bonchev–Trinajstić information content (AvgIpc) is 2.29. The van der Waals surface area contributed by atoms with Crippen molar-refractivity contribution in [1.29, 1.82) is 0 Å². The third kappa shape index (κ3) is 6.00. The molecule has 1 unspecified atom stereocenters. The van der Waals surface area contributed by atoms with E-state index in [2.05, 4.69) is 24.5 Å². The number of imide groups is 1. The molecule has 104 valence electrons. The molecule has 2 atom stereocenters. The molecule has 1 rings (SSSR count). The summed E-state index contributed by atoms with van der Waals surface area (Å²) in [7, 11) is 0. The molecule has 5 nitrogen and oxygen atoms in total. The van der Waals surface area contributed by atoms with Gasteiger partial charge in [0.25, 0.3) is 5.91 Å². The predicted molar refractivity (Wildman–Crippen MR) is 70.4 cm³/mol. The van der Waals surface area contributed by atoms with Crippen molar-refractivity contribution >= 4 is 11.9 Å². The van der Waals surface area contributed by atoms with E-state index in [0.29, 0.717) is 19.0 Å². The van der Waals surface area contributed by atoms with Crippen molar-refractivity contribution in [3.63, 3.8) is 0 Å². The van der Waals surface area contributed by atoms with Crippen LogP contribution in [0, 0.1) is 5.92 Å². The van der Waals surface area contributed by atoms with Crippen LogP contribution < -0.4 is 15.5 Å². The van der Waals surface area contributed by atoms with E-state index in [1.54, 1.807) is 0 Å². The minimum atomic E-state index is -0.363. The molecule has 1 saturated heterocycles. The van der Waals surface area contributed by atoms with Gasteiger partial charge in [0, 0.05) is 12.5 Å². The Morgan fingerprint density at radius 3 is 2.83 bits per heavy atom. The van der Waals surface area contributed by atoms with Gasteiger partial charge in [0.05, 0.1) is 13.1 Å². The van der Waals surface area contributed by atoms with Crippen LogP contribution in [-0.2, 0) is 4.79 Å². The van der Waals surface area contributed by atoms with Crippen LogP contribution >= 0.6 is 0 Å². The van der Waals surface area contributed by atoms with Gasteiger partial charge < -0.3 is 10.2 Å². The highest BCUT2D eigenvalue weighted by Gasteiger charge is 2.22. The minimum absolute atomic E-state index is 0.173. The van der Waals surface area contributed by atoms with Crippen molar-refractivity contribution in [3.8, 4) is 0 Å². The molecule has 0 spiro atoms. The number of carbonyl (C=O) groups excluding carboxylic acids is 2. The number of urea groups is 1. The second-order valence-electron chi connectivity index (χ2n) is 5.29. The molecule has 3 N–H and O–H groups in total. The van der Waals surface area contributed by atoms with E-state index in [9.17, 15) is 9.59 Å². The van der Waals surface area contributed by atoms with Crippen LogP contribution in [0.1, 0.15) is 39.5 Å². The summed E-state index contributed by atoms with van der Waals surface area (Å²) in [5.41, 5.74) is 0. The fourth-order valence-electron chi connectivity index (χ4n) is 2.38. The molecule has 0 radical (unpaired) electrons. The van der Waals surface area contributed by atoms with E-state index in [1.807, 2.05) is 0 Å². The standard InChI is InChI=1S/C13H25N3O2/c1-3-4-7-14-13(18)15-12(17)10-16-8-5-6-11(2)9-16/h11H,3-10H2,1-2H3,(H2,14,15,17,18)/p+1/t11-/m0/s1. The van der Waals surface area contributed by atoms with Crippen LogP contribution in [0.5, 0.6) is 0 Å². The zero-order valence-electron chi connectivity index (χ0n) is 11.6. The molecule has 1 fully saturated rings. The maximum Gasteiger partial charge on any atom is 0.321 e. The van der Waals surface area contributed by atoms with Crippen molar-refractivity contribution in [2.75, 3.05) is 26.2 Å². The molecule has 1 aliphatic rings. The van der Waals surface area contributed by atoms with Crippen LogP contribution in [0.3, 0.4) is 0 Å². The summed E-state index contributed by atoms with van der Waals surface area (Å²) in [5.74, 6) is 0.507. The first-order chi connectivity index (χ1) is 8.61. The number of hydrogen-bond donors (Lipinski definition) is 3. The highest BCUT2D eigenvalue weighted by Crippen LogP contribution is 2.04. The van der Waals surface area contributed by atoms with Gasteiger partial charge in [-0.1, -0.05) is 20.3 Å². The molecule has 0 saturated carbocycles. The second kappa shape index (κ2) is 8.08. The van der Waals surface area contributed by atoms with Gasteiger partial charge in [-0.15, -0.1) is 0 Å². The van der Waals surface area contributed by atoms with Crippen molar-refractivity contribution in [2.45, 2.75) is 39.5 Å². The third-order valence-electron chi connectivity index (χ3n) is 3.34. The number of nitrogens with one attached hydrogen (secondary N) is 3. The third-order valence-corrected chi connectivity index (χ3v) is 3.34. The number of rotatable bonds is 5. The predicted octanol–water partition coefficient (Wildman–Crippen LogP) is -0.0729. The molecule has 1 heterocycles. The number of amides is 3. The van der Waals surface area contributed by atoms with Crippen LogP contribution in [-0.4, -0.2) is 38.1 Å². The molecule has 18 heavy (non-hydrogen) atoms. The average molecular weight is 256 g/mol. The van der Waals surface area contributed by atoms with E-state index in [4.69, 9.17) is 0 Å². The zero-order chi connectivity index (χ0) is 13.4. The fourth-order valence-corrected chi connectivity index (χ4v) is 2.38. The number of quaternary nitrogens is 1. The number of piperidine rings is 1. The maximum atomic E-state index is 11.7. The number of unbranched alkanes of at least 4 members (excludes halogenated alkanes) is 1. The van der Waals surface area contributed by atoms with Crippen molar-refractivity contribution in [1.82, 2.24) is 10.6 Å². The Balaban J connectivity index is 2.18. The topological polar surface area (TPSA) is 62.6 Å². The Kier molecular flexibility index (Phi) is 6.72. The molecule has 3 amide bonds. The summed E-state index contributed by atoms with van der Waals surface area (Å²) in [5, 5.41) is 5.07. The lowest BCUT2D eigenvalue weighted by atomic mass is 10.0. The van der Waals surface area contributed by atoms with Crippen molar-refractivity contribution in [3.05, 3.63) is 0 Å². The lowest BCUT2D eigenvalue weighted by Gasteiger charge is -2.27. The highest BCUT2D eigenvalue weighted by atomic mass is 16.2. The van der Waals surface area contributed by atoms with Crippen molar-refractivity contribution < 1.29 is 14.5 Å². The van der Waals surface area contributed by atoms with Crippen LogP contribution in [0.4, 0.5) is 4.79 Å². The normalized spacial score (nSPS) is 23.4. The molecule has 0 bridgehead atoms. The van der Waals surface area contributed by atoms with Gasteiger partial charge in [-0.2, -0.15) is 0 Å². The van der Waals surface area contributed by atoms with E-state index < -0.39 is 0 Å². The SMILES string of the molecule is CCCCNC(=O)NC(=O)C[NH+]1CCC[C@H](C)C1. The van der Waals surface area contributed by atoms with E-state index in [0.717, 1.165) is 25.9 Å². The van der Waals surface area contributed by atoms with Gasteiger partial charge in [-0.3, -0.25) is 10.1 Å². The van der Waals surface area contributed by atoms with Gasteiger partial charge in [0.1, 0.15) is 0 Å². The fraction of sp³-hybridized carbons (Fsp3) is 0.846. The summed E-state index contributed by atoms with van der Waals surface area (Å²) in [6.07, 6.45) is 4.40. The quantitative estimate of drug-likeness (QED) is 0.603. The number of hydrogen-bond acceptors (Lipinski definition) is 2. The zero-order valence-corrected chi connectivity index (χ0v) is 11.6. The van der Waals surface area contributed by atoms with Gasteiger partial charge >= 0.3 is 6.03 Å². The van der Waals surface area contributed by atoms with E-state index in [-0.39, 0.29) is 11.9 Å². The number of likely N-dealkylation sites (tertiary alicyclic amines) is 1. The minimum Gasteiger partial charge on any atom is -0.338 e. The largest absolute Gasteiger partial charge is 0.338 e. The Labute approximate surface area is 109 Å². The summed E-state index contributed by atoms with van der Waals surface area (Å²) in [6.45, 7) is 7.38. The van der Waals surface area contributed by atoms with E-state index >= 15 is 0 Å². The lowest BCUT2D eigenvalue weighted by Crippen LogP contribution is -3.14. The van der Waals surface area contributed by atoms with Crippen LogP contribution in [0.2, 0.25) is 0 Å². The molecule has 0 aromatic carbocycles. The number of carbonyl (C=O) groups is 2. The monoisotopic (exact) mass is 256 g/mol. The molecule has 0 aromatic heterocycles. The van der Waals surface area contributed by atoms with Gasteiger partial charge in [0.2, 0.25) is 0 Å². The summed E-state index contributed by atoms with van der Waals surface area (Å²) >= 11 is 0. The molecule has 0 aromatic rings. The van der Waals surface area contributed by atoms with Gasteiger partial charge in [-0.25, -0.2) is 4.79 Å². The Bertz CT molecular complexity index is 281. The first-order valence-corrected chi connectivity index (χ1v) is 7.03.